The molecule has 1 aliphatic rings. The fourth-order valence-electron chi connectivity index (χ4n) is 6.49. The van der Waals surface area contributed by atoms with Gasteiger partial charge >= 0.3 is 11.9 Å². The maximum absolute atomic E-state index is 14.5. The molecule has 7 rings (SSSR count). The largest absolute Gasteiger partial charge is 0.494 e. The quantitative estimate of drug-likeness (QED) is 0.142. The second-order valence-electron chi connectivity index (χ2n) is 12.1. The van der Waals surface area contributed by atoms with E-state index in [0.29, 0.717) is 51.7 Å². The van der Waals surface area contributed by atoms with Gasteiger partial charge in [0.25, 0.3) is 5.56 Å². The number of hydrogen-bond acceptors (Lipinski definition) is 8. The van der Waals surface area contributed by atoms with Crippen LogP contribution in [-0.4, -0.2) is 40.9 Å². The highest BCUT2D eigenvalue weighted by Gasteiger charge is 2.35. The van der Waals surface area contributed by atoms with Gasteiger partial charge in [-0.2, -0.15) is 0 Å². The van der Waals surface area contributed by atoms with E-state index in [1.807, 2.05) is 110 Å². The Bertz CT molecular complexity index is 2480. The summed E-state index contributed by atoms with van der Waals surface area (Å²) in [4.78, 5) is 46.0. The Balaban J connectivity index is 1.37. The van der Waals surface area contributed by atoms with Crippen molar-refractivity contribution in [1.29, 1.82) is 0 Å². The van der Waals surface area contributed by atoms with Crippen LogP contribution < -0.4 is 19.6 Å². The van der Waals surface area contributed by atoms with Crippen LogP contribution >= 0.6 is 11.3 Å². The Labute approximate surface area is 304 Å². The molecule has 0 saturated carbocycles. The fourth-order valence-corrected chi connectivity index (χ4v) is 7.48. The molecule has 10 heteroatoms. The second kappa shape index (κ2) is 15.1. The van der Waals surface area contributed by atoms with E-state index < -0.39 is 12.0 Å². The lowest BCUT2D eigenvalue weighted by molar-refractivity contribution is -0.138. The minimum atomic E-state index is -0.790. The van der Waals surface area contributed by atoms with Gasteiger partial charge in [0.2, 0.25) is 0 Å². The van der Waals surface area contributed by atoms with Crippen molar-refractivity contribution >= 4 is 46.0 Å². The Kier molecular flexibility index (Phi) is 9.99. The SMILES string of the molecule is CCOC(=O)C1=C(c2ccccc2)N=c2s/c(=C\c3cn(Cc4ccc(C(=O)OCC)cc4)c4ccccc34)c(=O)n2[C@H]1c1ccc(OCC)cc1. The van der Waals surface area contributed by atoms with Crippen LogP contribution in [-0.2, 0) is 20.8 Å². The molecule has 3 heterocycles. The standard InChI is InChI=1S/C42H37N3O6S/c1-4-49-32-22-20-29(21-23-32)38-36(41(48)51-6-3)37(28-12-8-7-9-13-28)43-42-45(38)39(46)35(52-42)24-31-26-44(34-15-11-10-14-33(31)34)25-27-16-18-30(19-17-27)40(47)50-5-2/h7-24,26,38H,4-6,25H2,1-3H3/b35-24-/t38-/m0/s1. The summed E-state index contributed by atoms with van der Waals surface area (Å²) >= 11 is 1.29. The van der Waals surface area contributed by atoms with E-state index >= 15 is 0 Å². The predicted molar refractivity (Wildman–Crippen MR) is 202 cm³/mol. The molecule has 0 spiro atoms. The fraction of sp³-hybridized carbons (Fsp3) is 0.190. The van der Waals surface area contributed by atoms with Crippen LogP contribution in [0.15, 0.2) is 125 Å². The maximum Gasteiger partial charge on any atom is 0.338 e. The average Bonchev–Trinajstić information content (AvgIpc) is 3.67. The highest BCUT2D eigenvalue weighted by molar-refractivity contribution is 7.07. The number of hydrogen-bond donors (Lipinski definition) is 0. The smallest absolute Gasteiger partial charge is 0.338 e. The van der Waals surface area contributed by atoms with Crippen LogP contribution in [0, 0.1) is 0 Å². The Morgan fingerprint density at radius 1 is 0.808 bits per heavy atom. The minimum absolute atomic E-state index is 0.171. The molecule has 9 nitrogen and oxygen atoms in total. The van der Waals surface area contributed by atoms with Crippen molar-refractivity contribution in [3.63, 3.8) is 0 Å². The lowest BCUT2D eigenvalue weighted by Crippen LogP contribution is -2.40. The molecule has 52 heavy (non-hydrogen) atoms. The summed E-state index contributed by atoms with van der Waals surface area (Å²) in [5, 5.41) is 0.983. The number of rotatable bonds is 11. The van der Waals surface area contributed by atoms with Gasteiger partial charge in [0, 0.05) is 34.8 Å². The zero-order chi connectivity index (χ0) is 36.2. The number of para-hydroxylation sites is 1. The lowest BCUT2D eigenvalue weighted by atomic mass is 9.93. The third kappa shape index (κ3) is 6.72. The molecule has 262 valence electrons. The van der Waals surface area contributed by atoms with E-state index in [9.17, 15) is 14.4 Å². The van der Waals surface area contributed by atoms with E-state index in [0.717, 1.165) is 33.2 Å². The summed E-state index contributed by atoms with van der Waals surface area (Å²) in [5.41, 5.74) is 5.36. The number of carbonyl (C=O) groups excluding carboxylic acids is 2. The van der Waals surface area contributed by atoms with Gasteiger partial charge in [-0.3, -0.25) is 9.36 Å². The van der Waals surface area contributed by atoms with Crippen LogP contribution in [0.3, 0.4) is 0 Å². The number of aromatic nitrogens is 2. The number of carbonyl (C=O) groups is 2. The van der Waals surface area contributed by atoms with Crippen molar-refractivity contribution in [2.24, 2.45) is 4.99 Å². The summed E-state index contributed by atoms with van der Waals surface area (Å²) in [6.07, 6.45) is 3.93. The molecule has 0 bridgehead atoms. The number of nitrogens with zero attached hydrogens (tertiary/aromatic N) is 3. The van der Waals surface area contributed by atoms with Gasteiger partial charge in [0.1, 0.15) is 5.75 Å². The number of benzene rings is 4. The Morgan fingerprint density at radius 2 is 1.50 bits per heavy atom. The first-order valence-electron chi connectivity index (χ1n) is 17.2. The molecule has 2 aromatic heterocycles. The number of ether oxygens (including phenoxy) is 3. The van der Waals surface area contributed by atoms with E-state index in [1.54, 1.807) is 30.5 Å². The zero-order valence-electron chi connectivity index (χ0n) is 29.1. The van der Waals surface area contributed by atoms with Gasteiger partial charge < -0.3 is 18.8 Å². The molecule has 0 aliphatic carbocycles. The van der Waals surface area contributed by atoms with Crippen LogP contribution in [0.4, 0.5) is 0 Å². The molecule has 0 amide bonds. The van der Waals surface area contributed by atoms with Gasteiger partial charge in [-0.05, 0) is 68.3 Å². The maximum atomic E-state index is 14.5. The molecule has 0 unspecified atom stereocenters. The summed E-state index contributed by atoms with van der Waals surface area (Å²) < 4.78 is 20.7. The molecule has 6 aromatic rings. The topological polar surface area (TPSA) is 101 Å². The number of fused-ring (bicyclic) bond motifs is 2. The normalized spacial score (nSPS) is 14.2. The van der Waals surface area contributed by atoms with Gasteiger partial charge in [-0.25, -0.2) is 14.6 Å². The van der Waals surface area contributed by atoms with Gasteiger partial charge in [0.05, 0.1) is 47.2 Å². The van der Waals surface area contributed by atoms with Gasteiger partial charge in [0.15, 0.2) is 4.80 Å². The molecular weight excluding hydrogens is 675 g/mol. The van der Waals surface area contributed by atoms with E-state index in [2.05, 4.69) is 4.57 Å². The van der Waals surface area contributed by atoms with Crippen molar-refractivity contribution in [2.75, 3.05) is 19.8 Å². The van der Waals surface area contributed by atoms with Crippen molar-refractivity contribution in [3.8, 4) is 5.75 Å². The molecule has 0 fully saturated rings. The molecule has 4 aromatic carbocycles. The van der Waals surface area contributed by atoms with Gasteiger partial charge in [-0.15, -0.1) is 0 Å². The first-order valence-corrected chi connectivity index (χ1v) is 18.1. The Hall–Kier alpha value is -6.00. The van der Waals surface area contributed by atoms with Crippen LogP contribution in [0.2, 0.25) is 0 Å². The van der Waals surface area contributed by atoms with Crippen molar-refractivity contribution in [3.05, 3.63) is 162 Å². The van der Waals surface area contributed by atoms with E-state index in [4.69, 9.17) is 19.2 Å². The number of thiazole rings is 1. The average molecular weight is 712 g/mol. The zero-order valence-corrected chi connectivity index (χ0v) is 29.9. The van der Waals surface area contributed by atoms with Crippen molar-refractivity contribution in [1.82, 2.24) is 9.13 Å². The highest BCUT2D eigenvalue weighted by atomic mass is 32.1. The lowest BCUT2D eigenvalue weighted by Gasteiger charge is -2.26. The summed E-state index contributed by atoms with van der Waals surface area (Å²) in [5.74, 6) is -0.189. The third-order valence-electron chi connectivity index (χ3n) is 8.80. The van der Waals surface area contributed by atoms with E-state index in [1.165, 1.54) is 11.3 Å². The second-order valence-corrected chi connectivity index (χ2v) is 13.1. The van der Waals surface area contributed by atoms with Crippen molar-refractivity contribution < 1.29 is 23.8 Å². The van der Waals surface area contributed by atoms with Gasteiger partial charge in [-0.1, -0.05) is 84.1 Å². The highest BCUT2D eigenvalue weighted by Crippen LogP contribution is 2.36. The molecule has 1 atom stereocenters. The first-order chi connectivity index (χ1) is 25.4. The predicted octanol–water partition coefficient (Wildman–Crippen LogP) is 6.51. The third-order valence-corrected chi connectivity index (χ3v) is 9.79. The van der Waals surface area contributed by atoms with Crippen LogP contribution in [0.25, 0.3) is 22.7 Å². The Morgan fingerprint density at radius 3 is 2.21 bits per heavy atom. The van der Waals surface area contributed by atoms with Crippen LogP contribution in [0.1, 0.15) is 59.4 Å². The molecule has 0 N–H and O–H groups in total. The molecule has 1 aliphatic heterocycles. The minimum Gasteiger partial charge on any atom is -0.494 e. The van der Waals surface area contributed by atoms with Crippen LogP contribution in [0.5, 0.6) is 5.75 Å². The summed E-state index contributed by atoms with van der Waals surface area (Å²) in [6.45, 7) is 7.02. The monoisotopic (exact) mass is 711 g/mol. The number of esters is 2. The molecule has 0 radical (unpaired) electrons. The molecular formula is C42H37N3O6S. The molecule has 0 saturated heterocycles. The summed E-state index contributed by atoms with van der Waals surface area (Å²) in [6, 6.07) is 31.6. The first kappa shape index (κ1) is 34.4. The summed E-state index contributed by atoms with van der Waals surface area (Å²) in [7, 11) is 0. The van der Waals surface area contributed by atoms with E-state index in [-0.39, 0.29) is 18.1 Å². The van der Waals surface area contributed by atoms with Crippen molar-refractivity contribution in [2.45, 2.75) is 33.4 Å².